The maximum atomic E-state index is 11.8. The summed E-state index contributed by atoms with van der Waals surface area (Å²) in [5.41, 5.74) is 1.95. The van der Waals surface area contributed by atoms with Gasteiger partial charge in [-0.1, -0.05) is 18.2 Å². The van der Waals surface area contributed by atoms with Crippen LogP contribution in [0.5, 0.6) is 0 Å². The highest BCUT2D eigenvalue weighted by atomic mass is 16.5. The van der Waals surface area contributed by atoms with Crippen molar-refractivity contribution >= 4 is 11.6 Å². The fraction of sp³-hybridized carbons (Fsp3) is 0.462. The summed E-state index contributed by atoms with van der Waals surface area (Å²) in [5.74, 6) is -0.0302. The van der Waals surface area contributed by atoms with E-state index < -0.39 is 0 Å². The molecule has 1 aromatic rings. The number of carbonyl (C=O) groups is 1. The van der Waals surface area contributed by atoms with E-state index in [1.54, 1.807) is 14.2 Å². The Hall–Kier alpha value is -1.39. The van der Waals surface area contributed by atoms with Crippen LogP contribution in [-0.2, 0) is 16.0 Å². The van der Waals surface area contributed by atoms with Crippen LogP contribution in [0.4, 0.5) is 5.69 Å². The average Bonchev–Trinajstić information content (AvgIpc) is 2.36. The second-order valence-corrected chi connectivity index (χ2v) is 3.90. The molecular weight excluding hydrogens is 216 g/mol. The molecule has 0 aliphatic heterocycles. The van der Waals surface area contributed by atoms with Crippen molar-refractivity contribution in [1.29, 1.82) is 0 Å². The minimum absolute atomic E-state index is 0.0302. The second kappa shape index (κ2) is 7.04. The highest BCUT2D eigenvalue weighted by Gasteiger charge is 2.11. The van der Waals surface area contributed by atoms with Gasteiger partial charge < -0.3 is 15.4 Å². The summed E-state index contributed by atoms with van der Waals surface area (Å²) in [4.78, 5) is 11.8. The van der Waals surface area contributed by atoms with E-state index in [1.807, 2.05) is 31.2 Å². The van der Waals surface area contributed by atoms with E-state index in [9.17, 15) is 4.79 Å². The highest BCUT2D eigenvalue weighted by Crippen LogP contribution is 2.15. The number of methoxy groups -OCH3 is 1. The van der Waals surface area contributed by atoms with Gasteiger partial charge in [-0.05, 0) is 32.0 Å². The summed E-state index contributed by atoms with van der Waals surface area (Å²) in [5, 5.41) is 5.82. The number of amides is 1. The second-order valence-electron chi connectivity index (χ2n) is 3.90. The standard InChI is InChI=1S/C13H20N2O2/c1-10(14-2)13(16)15-12-7-5-4-6-11(12)8-9-17-3/h4-7,10,14H,8-9H2,1-3H3,(H,15,16). The topological polar surface area (TPSA) is 50.4 Å². The van der Waals surface area contributed by atoms with Gasteiger partial charge in [-0.3, -0.25) is 4.79 Å². The number of hydrogen-bond donors (Lipinski definition) is 2. The molecule has 0 heterocycles. The lowest BCUT2D eigenvalue weighted by Gasteiger charge is -2.14. The Morgan fingerprint density at radius 2 is 2.12 bits per heavy atom. The van der Waals surface area contributed by atoms with Crippen LogP contribution in [0.2, 0.25) is 0 Å². The average molecular weight is 236 g/mol. The molecule has 0 fully saturated rings. The Bertz CT molecular complexity index is 366. The number of likely N-dealkylation sites (N-methyl/N-ethyl adjacent to an activating group) is 1. The number of nitrogens with one attached hydrogen (secondary N) is 2. The van der Waals surface area contributed by atoms with Crippen LogP contribution in [-0.4, -0.2) is 32.7 Å². The fourth-order valence-corrected chi connectivity index (χ4v) is 1.44. The van der Waals surface area contributed by atoms with Gasteiger partial charge in [0, 0.05) is 12.8 Å². The molecule has 2 N–H and O–H groups in total. The van der Waals surface area contributed by atoms with Gasteiger partial charge in [0.05, 0.1) is 12.6 Å². The third-order valence-electron chi connectivity index (χ3n) is 2.68. The lowest BCUT2D eigenvalue weighted by molar-refractivity contribution is -0.117. The first-order valence-electron chi connectivity index (χ1n) is 5.74. The molecule has 0 aliphatic carbocycles. The van der Waals surface area contributed by atoms with Crippen LogP contribution < -0.4 is 10.6 Å². The van der Waals surface area contributed by atoms with Crippen LogP contribution in [0.25, 0.3) is 0 Å². The highest BCUT2D eigenvalue weighted by molar-refractivity contribution is 5.95. The molecule has 94 valence electrons. The van der Waals surface area contributed by atoms with Crippen molar-refractivity contribution in [3.8, 4) is 0 Å². The Balaban J connectivity index is 2.72. The summed E-state index contributed by atoms with van der Waals surface area (Å²) in [6, 6.07) is 7.58. The van der Waals surface area contributed by atoms with E-state index in [1.165, 1.54) is 0 Å². The van der Waals surface area contributed by atoms with Crippen molar-refractivity contribution in [1.82, 2.24) is 5.32 Å². The molecule has 4 nitrogen and oxygen atoms in total. The molecule has 0 saturated carbocycles. The summed E-state index contributed by atoms with van der Waals surface area (Å²) >= 11 is 0. The van der Waals surface area contributed by atoms with Crippen molar-refractivity contribution < 1.29 is 9.53 Å². The van der Waals surface area contributed by atoms with E-state index in [0.717, 1.165) is 17.7 Å². The van der Waals surface area contributed by atoms with E-state index in [-0.39, 0.29) is 11.9 Å². The zero-order chi connectivity index (χ0) is 12.7. The molecule has 1 unspecified atom stereocenters. The van der Waals surface area contributed by atoms with Gasteiger partial charge in [-0.25, -0.2) is 0 Å². The molecule has 17 heavy (non-hydrogen) atoms. The normalized spacial score (nSPS) is 12.2. The summed E-state index contributed by atoms with van der Waals surface area (Å²) in [6.07, 6.45) is 0.793. The summed E-state index contributed by atoms with van der Waals surface area (Å²) < 4.78 is 5.05. The smallest absolute Gasteiger partial charge is 0.241 e. The van der Waals surface area contributed by atoms with Crippen LogP contribution in [0, 0.1) is 0 Å². The zero-order valence-corrected chi connectivity index (χ0v) is 10.6. The third kappa shape index (κ3) is 4.17. The van der Waals surface area contributed by atoms with Crippen LogP contribution in [0.3, 0.4) is 0 Å². The van der Waals surface area contributed by atoms with Crippen molar-refractivity contribution in [3.63, 3.8) is 0 Å². The predicted octanol–water partition coefficient (Wildman–Crippen LogP) is 1.42. The van der Waals surface area contributed by atoms with Crippen molar-refractivity contribution in [2.75, 3.05) is 26.1 Å². The number of rotatable bonds is 6. The van der Waals surface area contributed by atoms with Crippen LogP contribution in [0.15, 0.2) is 24.3 Å². The zero-order valence-electron chi connectivity index (χ0n) is 10.6. The van der Waals surface area contributed by atoms with Gasteiger partial charge in [0.15, 0.2) is 0 Å². The number of hydrogen-bond acceptors (Lipinski definition) is 3. The Kier molecular flexibility index (Phi) is 5.66. The van der Waals surface area contributed by atoms with Gasteiger partial charge in [0.25, 0.3) is 0 Å². The minimum atomic E-state index is -0.203. The van der Waals surface area contributed by atoms with E-state index >= 15 is 0 Å². The lowest BCUT2D eigenvalue weighted by atomic mass is 10.1. The van der Waals surface area contributed by atoms with E-state index in [0.29, 0.717) is 6.61 Å². The summed E-state index contributed by atoms with van der Waals surface area (Å²) in [6.45, 7) is 2.47. The molecular formula is C13H20N2O2. The molecule has 1 rings (SSSR count). The number of benzene rings is 1. The van der Waals surface area contributed by atoms with Crippen molar-refractivity contribution in [3.05, 3.63) is 29.8 Å². The first kappa shape index (κ1) is 13.7. The van der Waals surface area contributed by atoms with Gasteiger partial charge in [0.1, 0.15) is 0 Å². The SMILES string of the molecule is CNC(C)C(=O)Nc1ccccc1CCOC. The molecule has 1 amide bonds. The van der Waals surface area contributed by atoms with E-state index in [4.69, 9.17) is 4.74 Å². The molecule has 0 bridgehead atoms. The summed E-state index contributed by atoms with van der Waals surface area (Å²) in [7, 11) is 3.44. The molecule has 1 aromatic carbocycles. The minimum Gasteiger partial charge on any atom is -0.384 e. The van der Waals surface area contributed by atoms with Crippen molar-refractivity contribution in [2.24, 2.45) is 0 Å². The van der Waals surface area contributed by atoms with Gasteiger partial charge in [-0.2, -0.15) is 0 Å². The van der Waals surface area contributed by atoms with Gasteiger partial charge in [0.2, 0.25) is 5.91 Å². The fourth-order valence-electron chi connectivity index (χ4n) is 1.44. The van der Waals surface area contributed by atoms with E-state index in [2.05, 4.69) is 10.6 Å². The molecule has 0 aliphatic rings. The van der Waals surface area contributed by atoms with Gasteiger partial charge in [-0.15, -0.1) is 0 Å². The third-order valence-corrected chi connectivity index (χ3v) is 2.68. The maximum absolute atomic E-state index is 11.8. The maximum Gasteiger partial charge on any atom is 0.241 e. The number of ether oxygens (including phenoxy) is 1. The molecule has 0 spiro atoms. The Morgan fingerprint density at radius 3 is 2.76 bits per heavy atom. The molecule has 1 atom stereocenters. The van der Waals surface area contributed by atoms with Gasteiger partial charge >= 0.3 is 0 Å². The Labute approximate surface area is 102 Å². The monoisotopic (exact) mass is 236 g/mol. The number of anilines is 1. The first-order chi connectivity index (χ1) is 8.19. The van der Waals surface area contributed by atoms with Crippen molar-refractivity contribution in [2.45, 2.75) is 19.4 Å². The Morgan fingerprint density at radius 1 is 1.41 bits per heavy atom. The molecule has 4 heteroatoms. The van der Waals surface area contributed by atoms with Crippen LogP contribution >= 0.6 is 0 Å². The first-order valence-corrected chi connectivity index (χ1v) is 5.74. The quantitative estimate of drug-likeness (QED) is 0.785. The largest absolute Gasteiger partial charge is 0.384 e. The lowest BCUT2D eigenvalue weighted by Crippen LogP contribution is -2.35. The number of carbonyl (C=O) groups excluding carboxylic acids is 1. The van der Waals surface area contributed by atoms with Crippen LogP contribution in [0.1, 0.15) is 12.5 Å². The molecule has 0 saturated heterocycles. The molecule has 0 radical (unpaired) electrons. The predicted molar refractivity (Wildman–Crippen MR) is 69.2 cm³/mol. The number of para-hydroxylation sites is 1. The molecule has 0 aromatic heterocycles.